The Labute approximate surface area is 169 Å². The first-order valence-electron chi connectivity index (χ1n) is 9.13. The van der Waals surface area contributed by atoms with E-state index in [-0.39, 0.29) is 38.5 Å². The van der Waals surface area contributed by atoms with Crippen LogP contribution in [0.25, 0.3) is 0 Å². The molecule has 1 aliphatic rings. The lowest BCUT2D eigenvalue weighted by Gasteiger charge is -2.29. The topological polar surface area (TPSA) is 110 Å². The van der Waals surface area contributed by atoms with Crippen molar-refractivity contribution in [1.29, 1.82) is 0 Å². The maximum absolute atomic E-state index is 12.9. The molecule has 1 aliphatic heterocycles. The first kappa shape index (κ1) is 21.6. The second kappa shape index (κ2) is 9.11. The van der Waals surface area contributed by atoms with Crippen molar-refractivity contribution in [2.45, 2.75) is 38.3 Å². The third kappa shape index (κ3) is 5.26. The number of nitrogens with zero attached hydrogens (tertiary/aromatic N) is 4. The number of aliphatic hydroxyl groups excluding tert-OH is 1. The minimum Gasteiger partial charge on any atom is -0.445 e. The molecule has 0 fully saturated rings. The number of hydrogen-bond acceptors (Lipinski definition) is 6. The van der Waals surface area contributed by atoms with E-state index in [9.17, 15) is 27.9 Å². The number of benzene rings is 1. The Morgan fingerprint density at radius 3 is 2.60 bits per heavy atom. The van der Waals surface area contributed by atoms with Crippen LogP contribution in [-0.4, -0.2) is 56.0 Å². The van der Waals surface area contributed by atoms with Gasteiger partial charge in [-0.1, -0.05) is 30.3 Å². The molecule has 0 saturated carbocycles. The molecule has 0 spiro atoms. The lowest BCUT2D eigenvalue weighted by atomic mass is 10.2. The summed E-state index contributed by atoms with van der Waals surface area (Å²) in [5.41, 5.74) is 0.778. The van der Waals surface area contributed by atoms with Crippen LogP contribution in [0.15, 0.2) is 30.3 Å². The zero-order chi connectivity index (χ0) is 21.7. The molecule has 1 aromatic heterocycles. The van der Waals surface area contributed by atoms with Crippen molar-refractivity contribution in [1.82, 2.24) is 25.0 Å². The van der Waals surface area contributed by atoms with Crippen molar-refractivity contribution in [3.8, 4) is 0 Å². The SMILES string of the molecule is O=C(NC(CO)CC(=O)N1CCn2c(nnc2C(F)(F)F)C1)OCc1ccccc1. The number of rotatable bonds is 6. The number of halogens is 3. The summed E-state index contributed by atoms with van der Waals surface area (Å²) in [4.78, 5) is 25.7. The number of aliphatic hydroxyl groups is 1. The van der Waals surface area contributed by atoms with Gasteiger partial charge in [0, 0.05) is 19.5 Å². The zero-order valence-corrected chi connectivity index (χ0v) is 15.8. The van der Waals surface area contributed by atoms with Gasteiger partial charge in [-0.15, -0.1) is 10.2 Å². The third-order valence-corrected chi connectivity index (χ3v) is 4.54. The zero-order valence-electron chi connectivity index (χ0n) is 15.8. The van der Waals surface area contributed by atoms with Gasteiger partial charge >= 0.3 is 12.3 Å². The van der Waals surface area contributed by atoms with E-state index >= 15 is 0 Å². The quantitative estimate of drug-likeness (QED) is 0.720. The highest BCUT2D eigenvalue weighted by Gasteiger charge is 2.40. The Balaban J connectivity index is 1.51. The van der Waals surface area contributed by atoms with Crippen molar-refractivity contribution < 1.29 is 32.6 Å². The molecule has 3 rings (SSSR count). The van der Waals surface area contributed by atoms with Crippen LogP contribution in [0.4, 0.5) is 18.0 Å². The number of carbonyl (C=O) groups is 2. The second-order valence-corrected chi connectivity index (χ2v) is 6.69. The maximum Gasteiger partial charge on any atom is 0.451 e. The summed E-state index contributed by atoms with van der Waals surface area (Å²) >= 11 is 0. The molecule has 2 heterocycles. The van der Waals surface area contributed by atoms with Crippen LogP contribution in [0.5, 0.6) is 0 Å². The fourth-order valence-electron chi connectivity index (χ4n) is 3.01. The van der Waals surface area contributed by atoms with Gasteiger partial charge < -0.3 is 24.6 Å². The predicted octanol–water partition coefficient (Wildman–Crippen LogP) is 1.32. The van der Waals surface area contributed by atoms with Crippen LogP contribution < -0.4 is 5.32 Å². The molecule has 0 saturated heterocycles. The number of nitrogens with one attached hydrogen (secondary N) is 1. The summed E-state index contributed by atoms with van der Waals surface area (Å²) in [7, 11) is 0. The normalized spacial score (nSPS) is 14.7. The van der Waals surface area contributed by atoms with Crippen molar-refractivity contribution in [3.63, 3.8) is 0 Å². The van der Waals surface area contributed by atoms with Gasteiger partial charge in [0.1, 0.15) is 6.61 Å². The van der Waals surface area contributed by atoms with Gasteiger partial charge in [-0.05, 0) is 5.56 Å². The lowest BCUT2D eigenvalue weighted by molar-refractivity contribution is -0.148. The molecular weight excluding hydrogens is 407 g/mol. The molecule has 162 valence electrons. The number of hydrogen-bond donors (Lipinski definition) is 2. The number of aromatic nitrogens is 3. The number of alkyl carbamates (subject to hydrolysis) is 1. The molecular formula is C18H20F3N5O4. The number of carbonyl (C=O) groups excluding carboxylic acids is 2. The fourth-order valence-corrected chi connectivity index (χ4v) is 3.01. The minimum absolute atomic E-state index is 0.0257. The Morgan fingerprint density at radius 2 is 1.93 bits per heavy atom. The number of fused-ring (bicyclic) bond motifs is 1. The largest absolute Gasteiger partial charge is 0.451 e. The molecule has 2 aromatic rings. The van der Waals surface area contributed by atoms with E-state index in [4.69, 9.17) is 4.74 Å². The van der Waals surface area contributed by atoms with Crippen LogP contribution in [0, 0.1) is 0 Å². The van der Waals surface area contributed by atoms with Gasteiger partial charge in [0.15, 0.2) is 5.82 Å². The van der Waals surface area contributed by atoms with E-state index in [2.05, 4.69) is 15.5 Å². The average Bonchev–Trinajstić information content (AvgIpc) is 3.16. The highest BCUT2D eigenvalue weighted by atomic mass is 19.4. The Hall–Kier alpha value is -3.15. The van der Waals surface area contributed by atoms with Gasteiger partial charge in [-0.25, -0.2) is 4.79 Å². The van der Waals surface area contributed by atoms with E-state index in [0.717, 1.165) is 10.1 Å². The summed E-state index contributed by atoms with van der Waals surface area (Å²) < 4.78 is 44.7. The molecule has 0 radical (unpaired) electrons. The van der Waals surface area contributed by atoms with Gasteiger partial charge in [0.2, 0.25) is 11.7 Å². The van der Waals surface area contributed by atoms with Gasteiger partial charge in [-0.2, -0.15) is 13.2 Å². The number of amides is 2. The number of alkyl halides is 3. The highest BCUT2D eigenvalue weighted by molar-refractivity contribution is 5.78. The molecule has 0 bridgehead atoms. The van der Waals surface area contributed by atoms with E-state index in [0.29, 0.717) is 0 Å². The van der Waals surface area contributed by atoms with Crippen LogP contribution >= 0.6 is 0 Å². The summed E-state index contributed by atoms with van der Waals surface area (Å²) in [5, 5.41) is 18.6. The lowest BCUT2D eigenvalue weighted by Crippen LogP contribution is -2.45. The fraction of sp³-hybridized carbons (Fsp3) is 0.444. The Morgan fingerprint density at radius 1 is 1.20 bits per heavy atom. The van der Waals surface area contributed by atoms with E-state index < -0.39 is 36.6 Å². The van der Waals surface area contributed by atoms with E-state index in [1.165, 1.54) is 4.90 Å². The van der Waals surface area contributed by atoms with Crippen molar-refractivity contribution in [2.24, 2.45) is 0 Å². The Kier molecular flexibility index (Phi) is 6.55. The first-order valence-corrected chi connectivity index (χ1v) is 9.13. The molecule has 1 unspecified atom stereocenters. The minimum atomic E-state index is -4.62. The first-order chi connectivity index (χ1) is 14.3. The average molecular weight is 427 g/mol. The molecule has 30 heavy (non-hydrogen) atoms. The van der Waals surface area contributed by atoms with Gasteiger partial charge in [-0.3, -0.25) is 4.79 Å². The monoisotopic (exact) mass is 427 g/mol. The highest BCUT2D eigenvalue weighted by Crippen LogP contribution is 2.29. The third-order valence-electron chi connectivity index (χ3n) is 4.54. The predicted molar refractivity (Wildman–Crippen MR) is 95.7 cm³/mol. The second-order valence-electron chi connectivity index (χ2n) is 6.69. The summed E-state index contributed by atoms with van der Waals surface area (Å²) in [5.74, 6) is -1.52. The van der Waals surface area contributed by atoms with Crippen LogP contribution in [0.1, 0.15) is 23.6 Å². The smallest absolute Gasteiger partial charge is 0.445 e. The molecule has 2 amide bonds. The molecule has 1 atom stereocenters. The van der Waals surface area contributed by atoms with E-state index in [1.54, 1.807) is 24.3 Å². The molecule has 1 aromatic carbocycles. The number of ether oxygens (including phenoxy) is 1. The Bertz CT molecular complexity index is 888. The molecule has 2 N–H and O–H groups in total. The van der Waals surface area contributed by atoms with Crippen LogP contribution in [0.3, 0.4) is 0 Å². The van der Waals surface area contributed by atoms with Gasteiger partial charge in [0.05, 0.1) is 19.2 Å². The van der Waals surface area contributed by atoms with Crippen LogP contribution in [0.2, 0.25) is 0 Å². The molecule has 9 nitrogen and oxygen atoms in total. The van der Waals surface area contributed by atoms with Crippen LogP contribution in [-0.2, 0) is 35.4 Å². The van der Waals surface area contributed by atoms with Gasteiger partial charge in [0.25, 0.3) is 0 Å². The summed E-state index contributed by atoms with van der Waals surface area (Å²) in [6, 6.07) is 8.07. The molecule has 0 aliphatic carbocycles. The van der Waals surface area contributed by atoms with Crippen molar-refractivity contribution in [2.75, 3.05) is 13.2 Å². The summed E-state index contributed by atoms with van der Waals surface area (Å²) in [6.07, 6.45) is -5.65. The van der Waals surface area contributed by atoms with Crippen molar-refractivity contribution >= 4 is 12.0 Å². The van der Waals surface area contributed by atoms with Crippen molar-refractivity contribution in [3.05, 3.63) is 47.5 Å². The summed E-state index contributed by atoms with van der Waals surface area (Å²) in [6.45, 7) is -0.683. The molecule has 12 heteroatoms. The van der Waals surface area contributed by atoms with E-state index in [1.807, 2.05) is 6.07 Å². The maximum atomic E-state index is 12.9. The standard InChI is InChI=1S/C18H20F3N5O4/c19-18(20,21)16-24-23-14-9-25(6-7-26(14)16)15(28)8-13(10-27)22-17(29)30-11-12-4-2-1-3-5-12/h1-5,13,27H,6-11H2,(H,22,29).